The first-order valence-electron chi connectivity index (χ1n) is 8.83. The zero-order valence-corrected chi connectivity index (χ0v) is 15.6. The van der Waals surface area contributed by atoms with Crippen molar-refractivity contribution in [1.29, 1.82) is 0 Å². The van der Waals surface area contributed by atoms with Crippen molar-refractivity contribution in [3.63, 3.8) is 0 Å². The van der Waals surface area contributed by atoms with E-state index < -0.39 is 17.5 Å². The molecule has 4 aromatic rings. The van der Waals surface area contributed by atoms with E-state index in [1.165, 1.54) is 29.1 Å². The molecule has 0 bridgehead atoms. The molecule has 0 saturated heterocycles. The fourth-order valence-electron chi connectivity index (χ4n) is 2.90. The van der Waals surface area contributed by atoms with E-state index in [4.69, 9.17) is 0 Å². The van der Waals surface area contributed by atoms with Crippen molar-refractivity contribution in [3.8, 4) is 16.9 Å². The van der Waals surface area contributed by atoms with E-state index in [0.717, 1.165) is 12.1 Å². The van der Waals surface area contributed by atoms with Crippen molar-refractivity contribution in [2.24, 2.45) is 0 Å². The third-order valence-electron chi connectivity index (χ3n) is 4.38. The Hall–Kier alpha value is -4.01. The van der Waals surface area contributed by atoms with Crippen molar-refractivity contribution in [3.05, 3.63) is 89.6 Å². The number of aromatic nitrogens is 4. The Morgan fingerprint density at radius 1 is 1.00 bits per heavy atom. The summed E-state index contributed by atoms with van der Waals surface area (Å²) in [6, 6.07) is 10.8. The third kappa shape index (κ3) is 3.64. The summed E-state index contributed by atoms with van der Waals surface area (Å²) >= 11 is 0. The number of aryl methyl sites for hydroxylation is 1. The van der Waals surface area contributed by atoms with Crippen molar-refractivity contribution in [1.82, 2.24) is 20.0 Å². The molecule has 1 amide bonds. The molecule has 4 rings (SSSR count). The van der Waals surface area contributed by atoms with Crippen molar-refractivity contribution in [2.75, 3.05) is 5.32 Å². The Morgan fingerprint density at radius 2 is 1.80 bits per heavy atom. The second kappa shape index (κ2) is 7.78. The first-order chi connectivity index (χ1) is 14.4. The lowest BCUT2D eigenvalue weighted by Gasteiger charge is -2.10. The number of nitrogens with one attached hydrogen (secondary N) is 1. The van der Waals surface area contributed by atoms with E-state index in [0.29, 0.717) is 22.5 Å². The van der Waals surface area contributed by atoms with Crippen LogP contribution in [0.15, 0.2) is 60.9 Å². The van der Waals surface area contributed by atoms with Gasteiger partial charge in [-0.25, -0.2) is 17.9 Å². The number of rotatable bonds is 4. The first-order valence-corrected chi connectivity index (χ1v) is 8.83. The number of amides is 1. The maximum Gasteiger partial charge on any atom is 0.278 e. The molecule has 2 aromatic carbocycles. The summed E-state index contributed by atoms with van der Waals surface area (Å²) in [4.78, 5) is 16.9. The zero-order valence-electron chi connectivity index (χ0n) is 15.6. The van der Waals surface area contributed by atoms with Gasteiger partial charge in [0.25, 0.3) is 5.91 Å². The largest absolute Gasteiger partial charge is 0.320 e. The number of carbonyl (C=O) groups is 1. The molecular formula is C21H14F3N5O. The number of carbonyl (C=O) groups excluding carboxylic acids is 1. The molecule has 0 aliphatic rings. The highest BCUT2D eigenvalue weighted by Crippen LogP contribution is 2.26. The minimum atomic E-state index is -1.09. The van der Waals surface area contributed by atoms with E-state index >= 15 is 0 Å². The lowest BCUT2D eigenvalue weighted by atomic mass is 10.1. The molecule has 150 valence electrons. The number of anilines is 1. The number of benzene rings is 2. The van der Waals surface area contributed by atoms with Gasteiger partial charge in [-0.3, -0.25) is 9.78 Å². The van der Waals surface area contributed by atoms with Crippen LogP contribution in [0.25, 0.3) is 16.9 Å². The van der Waals surface area contributed by atoms with Crippen LogP contribution >= 0.6 is 0 Å². The highest BCUT2D eigenvalue weighted by Gasteiger charge is 2.23. The van der Waals surface area contributed by atoms with Gasteiger partial charge in [-0.05, 0) is 55.0 Å². The Kier molecular flexibility index (Phi) is 5.01. The average Bonchev–Trinajstić information content (AvgIpc) is 3.19. The van der Waals surface area contributed by atoms with Gasteiger partial charge in [-0.1, -0.05) is 5.21 Å². The van der Waals surface area contributed by atoms with Gasteiger partial charge in [0, 0.05) is 29.7 Å². The van der Waals surface area contributed by atoms with Crippen LogP contribution < -0.4 is 5.32 Å². The predicted molar refractivity (Wildman–Crippen MR) is 104 cm³/mol. The van der Waals surface area contributed by atoms with Gasteiger partial charge in [0.15, 0.2) is 17.3 Å². The summed E-state index contributed by atoms with van der Waals surface area (Å²) in [6.45, 7) is 1.61. The van der Waals surface area contributed by atoms with E-state index in [2.05, 4.69) is 20.6 Å². The Labute approximate surface area is 169 Å². The average molecular weight is 409 g/mol. The molecule has 0 spiro atoms. The highest BCUT2D eigenvalue weighted by atomic mass is 19.2. The minimum Gasteiger partial charge on any atom is -0.320 e. The lowest BCUT2D eigenvalue weighted by molar-refractivity contribution is 0.102. The van der Waals surface area contributed by atoms with Gasteiger partial charge in [0.2, 0.25) is 0 Å². The molecular weight excluding hydrogens is 395 g/mol. The second-order valence-electron chi connectivity index (χ2n) is 6.46. The fraction of sp³-hybridized carbons (Fsp3) is 0.0476. The summed E-state index contributed by atoms with van der Waals surface area (Å²) in [7, 11) is 0. The molecule has 9 heteroatoms. The van der Waals surface area contributed by atoms with Crippen LogP contribution in [0.4, 0.5) is 18.9 Å². The van der Waals surface area contributed by atoms with Crippen LogP contribution in [-0.4, -0.2) is 25.9 Å². The molecule has 2 aromatic heterocycles. The summed E-state index contributed by atoms with van der Waals surface area (Å²) in [5.41, 5.74) is 1.74. The van der Waals surface area contributed by atoms with Crippen LogP contribution in [0.5, 0.6) is 0 Å². The Balaban J connectivity index is 1.79. The summed E-state index contributed by atoms with van der Waals surface area (Å²) < 4.78 is 41.7. The molecule has 1 N–H and O–H groups in total. The van der Waals surface area contributed by atoms with Gasteiger partial charge in [0.05, 0.1) is 5.69 Å². The van der Waals surface area contributed by atoms with Crippen LogP contribution in [0.2, 0.25) is 0 Å². The fourth-order valence-corrected chi connectivity index (χ4v) is 2.90. The summed E-state index contributed by atoms with van der Waals surface area (Å²) in [6.07, 6.45) is 3.10. The van der Waals surface area contributed by atoms with Gasteiger partial charge in [-0.2, -0.15) is 0 Å². The van der Waals surface area contributed by atoms with Crippen LogP contribution in [0.3, 0.4) is 0 Å². The Bertz CT molecular complexity index is 1240. The van der Waals surface area contributed by atoms with Gasteiger partial charge < -0.3 is 5.32 Å². The van der Waals surface area contributed by atoms with E-state index in [-0.39, 0.29) is 17.2 Å². The summed E-state index contributed by atoms with van der Waals surface area (Å²) in [5.74, 6) is -3.17. The van der Waals surface area contributed by atoms with Crippen LogP contribution in [0.1, 0.15) is 16.1 Å². The van der Waals surface area contributed by atoms with E-state index in [9.17, 15) is 18.0 Å². The highest BCUT2D eigenvalue weighted by molar-refractivity contribution is 6.06. The Morgan fingerprint density at radius 3 is 2.50 bits per heavy atom. The summed E-state index contributed by atoms with van der Waals surface area (Å²) in [5, 5.41) is 10.5. The predicted octanol–water partition coefficient (Wildman–Crippen LogP) is 4.31. The maximum absolute atomic E-state index is 13.7. The zero-order chi connectivity index (χ0) is 21.3. The normalized spacial score (nSPS) is 10.8. The molecule has 0 aliphatic carbocycles. The first kappa shape index (κ1) is 19.3. The molecule has 2 heterocycles. The number of hydrogen-bond acceptors (Lipinski definition) is 4. The monoisotopic (exact) mass is 409 g/mol. The second-order valence-corrected chi connectivity index (χ2v) is 6.46. The molecule has 0 atom stereocenters. The molecule has 0 aliphatic heterocycles. The molecule has 0 unspecified atom stereocenters. The van der Waals surface area contributed by atoms with E-state index in [1.807, 2.05) is 0 Å². The van der Waals surface area contributed by atoms with E-state index in [1.54, 1.807) is 31.3 Å². The van der Waals surface area contributed by atoms with Crippen molar-refractivity contribution < 1.29 is 18.0 Å². The van der Waals surface area contributed by atoms with Gasteiger partial charge in [0.1, 0.15) is 11.5 Å². The standard InChI is InChI=1S/C21H14F3N5O/c1-12-9-15(5-7-16(12)22)29-20(13-3-2-8-25-11-13)19(27-28-29)21(30)26-14-4-6-17(23)18(24)10-14/h2-11H,1H3,(H,26,30). The topological polar surface area (TPSA) is 72.7 Å². The smallest absolute Gasteiger partial charge is 0.278 e. The van der Waals surface area contributed by atoms with Crippen LogP contribution in [-0.2, 0) is 0 Å². The maximum atomic E-state index is 13.7. The molecule has 30 heavy (non-hydrogen) atoms. The van der Waals surface area contributed by atoms with Gasteiger partial charge in [-0.15, -0.1) is 5.10 Å². The van der Waals surface area contributed by atoms with Gasteiger partial charge >= 0.3 is 0 Å². The van der Waals surface area contributed by atoms with Crippen molar-refractivity contribution in [2.45, 2.75) is 6.92 Å². The SMILES string of the molecule is Cc1cc(-n2nnc(C(=O)Nc3ccc(F)c(F)c3)c2-c2cccnc2)ccc1F. The third-order valence-corrected chi connectivity index (χ3v) is 4.38. The number of halogens is 3. The van der Waals surface area contributed by atoms with Crippen LogP contribution in [0, 0.1) is 24.4 Å². The minimum absolute atomic E-state index is 0.0585. The number of pyridine rings is 1. The molecule has 0 radical (unpaired) electrons. The quantitative estimate of drug-likeness (QED) is 0.545. The van der Waals surface area contributed by atoms with Crippen molar-refractivity contribution >= 4 is 11.6 Å². The molecule has 0 fully saturated rings. The number of hydrogen-bond donors (Lipinski definition) is 1. The lowest BCUT2D eigenvalue weighted by Crippen LogP contribution is -2.14. The molecule has 0 saturated carbocycles. The molecule has 6 nitrogen and oxygen atoms in total. The number of nitrogens with zero attached hydrogens (tertiary/aromatic N) is 4.